The predicted octanol–water partition coefficient (Wildman–Crippen LogP) is 7.07. The molecule has 0 bridgehead atoms. The number of carboxylic acid groups (broad SMARTS) is 1. The number of unbranched alkanes of at least 4 members (excludes halogenated alkanes) is 7. The Kier molecular flexibility index (Phi) is 16.4. The lowest BCUT2D eigenvalue weighted by atomic mass is 10.00. The molecule has 2 atom stereocenters. The van der Waals surface area contributed by atoms with Crippen LogP contribution in [0.15, 0.2) is 30.3 Å². The van der Waals surface area contributed by atoms with Crippen molar-refractivity contribution in [3.63, 3.8) is 0 Å². The number of hydrogen-bond donors (Lipinski definition) is 1. The molecular formula is C27H44O5. The maximum Gasteiger partial charge on any atom is 0.303 e. The largest absolute Gasteiger partial charge is 0.481 e. The van der Waals surface area contributed by atoms with Gasteiger partial charge in [-0.1, -0.05) is 82.2 Å². The molecule has 0 radical (unpaired) electrons. The van der Waals surface area contributed by atoms with E-state index in [0.29, 0.717) is 13.0 Å². The first-order valence-electron chi connectivity index (χ1n) is 12.6. The summed E-state index contributed by atoms with van der Waals surface area (Å²) in [6, 6.07) is 10.1. The van der Waals surface area contributed by atoms with Crippen molar-refractivity contribution >= 4 is 11.9 Å². The highest BCUT2D eigenvalue weighted by molar-refractivity contribution is 5.66. The maximum atomic E-state index is 11.6. The summed E-state index contributed by atoms with van der Waals surface area (Å²) in [6.07, 6.45) is 13.6. The minimum Gasteiger partial charge on any atom is -0.481 e. The summed E-state index contributed by atoms with van der Waals surface area (Å²) in [7, 11) is 0. The summed E-state index contributed by atoms with van der Waals surface area (Å²) in [5, 5.41) is 8.81. The van der Waals surface area contributed by atoms with E-state index in [4.69, 9.17) is 14.6 Å². The van der Waals surface area contributed by atoms with Crippen LogP contribution in [0.25, 0.3) is 0 Å². The number of ether oxygens (including phenoxy) is 2. The molecule has 5 nitrogen and oxygen atoms in total. The lowest BCUT2D eigenvalue weighted by Crippen LogP contribution is -2.21. The van der Waals surface area contributed by atoms with Gasteiger partial charge in [-0.2, -0.15) is 0 Å². The molecule has 182 valence electrons. The van der Waals surface area contributed by atoms with Gasteiger partial charge >= 0.3 is 11.9 Å². The standard InChI is InChI=1S/C27H44O5/c1-3-4-5-6-7-12-18-26(32-23(2)28)21-20-25(17-13-9-14-19-27(29)30)31-22-24-15-10-8-11-16-24/h8,10-11,15-16,25-26H,3-7,9,12-14,17-22H2,1-2H3,(H,29,30). The molecule has 0 saturated heterocycles. The quantitative estimate of drug-likeness (QED) is 0.171. The van der Waals surface area contributed by atoms with Gasteiger partial charge in [-0.25, -0.2) is 0 Å². The molecule has 0 aliphatic rings. The molecule has 0 fully saturated rings. The second-order valence-electron chi connectivity index (χ2n) is 8.78. The first-order chi connectivity index (χ1) is 15.5. The van der Waals surface area contributed by atoms with E-state index in [1.165, 1.54) is 39.0 Å². The first kappa shape index (κ1) is 28.2. The molecular weight excluding hydrogens is 404 g/mol. The highest BCUT2D eigenvalue weighted by Gasteiger charge is 2.17. The summed E-state index contributed by atoms with van der Waals surface area (Å²) >= 11 is 0. The molecule has 32 heavy (non-hydrogen) atoms. The normalized spacial score (nSPS) is 12.9. The van der Waals surface area contributed by atoms with Crippen LogP contribution in [0.5, 0.6) is 0 Å². The van der Waals surface area contributed by atoms with Crippen LogP contribution in [-0.2, 0) is 25.7 Å². The topological polar surface area (TPSA) is 72.8 Å². The van der Waals surface area contributed by atoms with Gasteiger partial charge in [0.2, 0.25) is 0 Å². The fourth-order valence-corrected chi connectivity index (χ4v) is 3.95. The van der Waals surface area contributed by atoms with Gasteiger partial charge in [-0.05, 0) is 44.1 Å². The molecule has 0 saturated carbocycles. The Morgan fingerprint density at radius 3 is 2.06 bits per heavy atom. The Labute approximate surface area is 194 Å². The lowest BCUT2D eigenvalue weighted by molar-refractivity contribution is -0.147. The maximum absolute atomic E-state index is 11.6. The second kappa shape index (κ2) is 18.7. The molecule has 0 spiro atoms. The smallest absolute Gasteiger partial charge is 0.303 e. The van der Waals surface area contributed by atoms with Crippen molar-refractivity contribution in [3.05, 3.63) is 35.9 Å². The minimum atomic E-state index is -0.735. The molecule has 1 aromatic rings. The molecule has 0 amide bonds. The number of carboxylic acids is 1. The Hall–Kier alpha value is -1.88. The van der Waals surface area contributed by atoms with Crippen LogP contribution < -0.4 is 0 Å². The Balaban J connectivity index is 2.49. The average Bonchev–Trinajstić information content (AvgIpc) is 2.77. The summed E-state index contributed by atoms with van der Waals surface area (Å²) in [6.45, 7) is 4.27. The molecule has 0 aromatic heterocycles. The van der Waals surface area contributed by atoms with Crippen molar-refractivity contribution in [2.75, 3.05) is 0 Å². The van der Waals surface area contributed by atoms with Crippen molar-refractivity contribution in [3.8, 4) is 0 Å². The number of rotatable bonds is 20. The lowest BCUT2D eigenvalue weighted by Gasteiger charge is -2.22. The van der Waals surface area contributed by atoms with E-state index in [-0.39, 0.29) is 24.6 Å². The minimum absolute atomic E-state index is 0.0477. The van der Waals surface area contributed by atoms with E-state index in [0.717, 1.165) is 50.5 Å². The summed E-state index contributed by atoms with van der Waals surface area (Å²) in [4.78, 5) is 22.3. The molecule has 0 aliphatic carbocycles. The number of hydrogen-bond acceptors (Lipinski definition) is 4. The number of benzene rings is 1. The molecule has 2 unspecified atom stereocenters. The van der Waals surface area contributed by atoms with E-state index >= 15 is 0 Å². The van der Waals surface area contributed by atoms with Gasteiger partial charge in [-0.15, -0.1) is 0 Å². The zero-order valence-electron chi connectivity index (χ0n) is 20.2. The number of carbonyl (C=O) groups is 2. The molecule has 1 rings (SSSR count). The summed E-state index contributed by atoms with van der Waals surface area (Å²) < 4.78 is 11.8. The third-order valence-corrected chi connectivity index (χ3v) is 5.77. The van der Waals surface area contributed by atoms with Crippen molar-refractivity contribution < 1.29 is 24.2 Å². The molecule has 1 aromatic carbocycles. The number of esters is 1. The van der Waals surface area contributed by atoms with Crippen LogP contribution in [-0.4, -0.2) is 29.3 Å². The molecule has 0 aliphatic heterocycles. The molecule has 5 heteroatoms. The second-order valence-corrected chi connectivity index (χ2v) is 8.78. The van der Waals surface area contributed by atoms with Gasteiger partial charge in [0.05, 0.1) is 12.7 Å². The monoisotopic (exact) mass is 448 g/mol. The van der Waals surface area contributed by atoms with Crippen LogP contribution in [0.4, 0.5) is 0 Å². The van der Waals surface area contributed by atoms with Gasteiger partial charge in [-0.3, -0.25) is 9.59 Å². The van der Waals surface area contributed by atoms with Crippen LogP contribution in [0.1, 0.15) is 109 Å². The zero-order valence-corrected chi connectivity index (χ0v) is 20.2. The SMILES string of the molecule is CCCCCCCCC(CCC(CCCCCC(=O)O)OCc1ccccc1)OC(C)=O. The van der Waals surface area contributed by atoms with Gasteiger partial charge < -0.3 is 14.6 Å². The first-order valence-corrected chi connectivity index (χ1v) is 12.6. The molecule has 1 N–H and O–H groups in total. The Bertz CT molecular complexity index is 601. The van der Waals surface area contributed by atoms with Gasteiger partial charge in [0, 0.05) is 13.3 Å². The van der Waals surface area contributed by atoms with Gasteiger partial charge in [0.15, 0.2) is 0 Å². The van der Waals surface area contributed by atoms with E-state index < -0.39 is 5.97 Å². The summed E-state index contributed by atoms with van der Waals surface area (Å²) in [5.74, 6) is -0.947. The average molecular weight is 449 g/mol. The van der Waals surface area contributed by atoms with E-state index in [2.05, 4.69) is 19.1 Å². The molecule has 0 heterocycles. The number of carbonyl (C=O) groups excluding carboxylic acids is 1. The zero-order chi connectivity index (χ0) is 23.4. The third kappa shape index (κ3) is 15.9. The van der Waals surface area contributed by atoms with Crippen LogP contribution in [0, 0.1) is 0 Å². The van der Waals surface area contributed by atoms with E-state index in [1.807, 2.05) is 18.2 Å². The highest BCUT2D eigenvalue weighted by Crippen LogP contribution is 2.20. The third-order valence-electron chi connectivity index (χ3n) is 5.77. The van der Waals surface area contributed by atoms with Crippen molar-refractivity contribution in [1.82, 2.24) is 0 Å². The summed E-state index contributed by atoms with van der Waals surface area (Å²) in [5.41, 5.74) is 1.15. The van der Waals surface area contributed by atoms with Gasteiger partial charge in [0.1, 0.15) is 6.10 Å². The van der Waals surface area contributed by atoms with Crippen molar-refractivity contribution in [1.29, 1.82) is 0 Å². The highest BCUT2D eigenvalue weighted by atomic mass is 16.5. The fourth-order valence-electron chi connectivity index (χ4n) is 3.95. The van der Waals surface area contributed by atoms with Gasteiger partial charge in [0.25, 0.3) is 0 Å². The van der Waals surface area contributed by atoms with Crippen molar-refractivity contribution in [2.45, 2.75) is 123 Å². The van der Waals surface area contributed by atoms with Crippen LogP contribution in [0.2, 0.25) is 0 Å². The predicted molar refractivity (Wildman–Crippen MR) is 129 cm³/mol. The Morgan fingerprint density at radius 1 is 0.812 bits per heavy atom. The van der Waals surface area contributed by atoms with E-state index in [1.54, 1.807) is 0 Å². The van der Waals surface area contributed by atoms with E-state index in [9.17, 15) is 9.59 Å². The van der Waals surface area contributed by atoms with Crippen molar-refractivity contribution in [2.24, 2.45) is 0 Å². The van der Waals surface area contributed by atoms with Crippen LogP contribution >= 0.6 is 0 Å². The Morgan fingerprint density at radius 2 is 1.41 bits per heavy atom. The fraction of sp³-hybridized carbons (Fsp3) is 0.704. The van der Waals surface area contributed by atoms with Crippen LogP contribution in [0.3, 0.4) is 0 Å². The number of aliphatic carboxylic acids is 1.